The average Bonchev–Trinajstić information content (AvgIpc) is 3.18. The highest BCUT2D eigenvalue weighted by molar-refractivity contribution is 6.30. The number of benzene rings is 1. The van der Waals surface area contributed by atoms with Crippen LogP contribution in [-0.4, -0.2) is 64.8 Å². The molecule has 3 aliphatic heterocycles. The molecule has 1 aromatic rings. The van der Waals surface area contributed by atoms with Crippen LogP contribution >= 0.6 is 11.6 Å². The highest BCUT2D eigenvalue weighted by atomic mass is 35.5. The molecule has 158 valence electrons. The number of hydrogen-bond donors (Lipinski definition) is 0. The van der Waals surface area contributed by atoms with Crippen molar-refractivity contribution in [3.05, 3.63) is 34.9 Å². The van der Waals surface area contributed by atoms with Gasteiger partial charge in [-0.25, -0.2) is 0 Å². The highest BCUT2D eigenvalue weighted by Crippen LogP contribution is 2.55. The lowest BCUT2D eigenvalue weighted by molar-refractivity contribution is -0.153. The van der Waals surface area contributed by atoms with Crippen LogP contribution in [0.5, 0.6) is 0 Å². The van der Waals surface area contributed by atoms with Crippen LogP contribution in [0.3, 0.4) is 0 Å². The van der Waals surface area contributed by atoms with Crippen molar-refractivity contribution in [2.75, 3.05) is 26.2 Å². The van der Waals surface area contributed by atoms with Crippen molar-refractivity contribution in [2.45, 2.75) is 64.6 Å². The molecule has 2 amide bonds. The van der Waals surface area contributed by atoms with Crippen molar-refractivity contribution in [3.8, 4) is 0 Å². The van der Waals surface area contributed by atoms with Gasteiger partial charge in [0.1, 0.15) is 6.04 Å². The lowest BCUT2D eigenvalue weighted by Crippen LogP contribution is -2.64. The number of rotatable bonds is 3. The minimum absolute atomic E-state index is 0.0173. The van der Waals surface area contributed by atoms with Crippen LogP contribution in [0.15, 0.2) is 24.3 Å². The predicted octanol–water partition coefficient (Wildman–Crippen LogP) is 3.72. The molecule has 0 radical (unpaired) electrons. The zero-order chi connectivity index (χ0) is 20.8. The second-order valence-electron chi connectivity index (χ2n) is 9.28. The summed E-state index contributed by atoms with van der Waals surface area (Å²) in [5, 5.41) is 0.769. The molecule has 4 rings (SSSR count). The Kier molecular flexibility index (Phi) is 5.64. The number of amides is 2. The lowest BCUT2D eigenvalue weighted by Gasteiger charge is -2.62. The molecular formula is C23H32ClN3O2. The second kappa shape index (κ2) is 7.92. The summed E-state index contributed by atoms with van der Waals surface area (Å²) in [4.78, 5) is 31.3. The van der Waals surface area contributed by atoms with Crippen molar-refractivity contribution in [3.63, 3.8) is 0 Å². The number of likely N-dealkylation sites (tertiary alicyclic amines) is 3. The molecular weight excluding hydrogens is 386 g/mol. The maximum atomic E-state index is 13.1. The van der Waals surface area contributed by atoms with Gasteiger partial charge in [0.05, 0.1) is 0 Å². The molecule has 3 heterocycles. The minimum atomic E-state index is -0.248. The SMILES string of the molecule is CC(=O)N1CCCC1C(=O)N1CCC2(CC1)CN(C(C)C)C2c1ccc(Cl)cc1. The Hall–Kier alpha value is -1.59. The molecule has 1 aromatic carbocycles. The molecule has 2 atom stereocenters. The van der Waals surface area contributed by atoms with Crippen LogP contribution in [-0.2, 0) is 9.59 Å². The van der Waals surface area contributed by atoms with E-state index in [9.17, 15) is 9.59 Å². The van der Waals surface area contributed by atoms with Gasteiger partial charge in [-0.15, -0.1) is 0 Å². The number of carbonyl (C=O) groups excluding carboxylic acids is 2. The van der Waals surface area contributed by atoms with Crippen molar-refractivity contribution in [2.24, 2.45) is 5.41 Å². The zero-order valence-electron chi connectivity index (χ0n) is 17.7. The summed E-state index contributed by atoms with van der Waals surface area (Å²) in [6.07, 6.45) is 3.76. The van der Waals surface area contributed by atoms with Gasteiger partial charge in [0, 0.05) is 55.6 Å². The third-order valence-corrected chi connectivity index (χ3v) is 7.52. The summed E-state index contributed by atoms with van der Waals surface area (Å²) < 4.78 is 0. The fourth-order valence-electron chi connectivity index (χ4n) is 5.67. The van der Waals surface area contributed by atoms with Crippen LogP contribution in [0.4, 0.5) is 0 Å². The monoisotopic (exact) mass is 417 g/mol. The minimum Gasteiger partial charge on any atom is -0.341 e. The van der Waals surface area contributed by atoms with Gasteiger partial charge in [-0.1, -0.05) is 23.7 Å². The second-order valence-corrected chi connectivity index (χ2v) is 9.71. The van der Waals surface area contributed by atoms with E-state index in [-0.39, 0.29) is 23.3 Å². The number of piperidine rings is 1. The van der Waals surface area contributed by atoms with Crippen molar-refractivity contribution in [1.82, 2.24) is 14.7 Å². The average molecular weight is 418 g/mol. The molecule has 3 aliphatic rings. The fraction of sp³-hybridized carbons (Fsp3) is 0.652. The van der Waals surface area contributed by atoms with E-state index in [0.717, 1.165) is 50.3 Å². The topological polar surface area (TPSA) is 43.9 Å². The molecule has 29 heavy (non-hydrogen) atoms. The Bertz CT molecular complexity index is 771. The largest absolute Gasteiger partial charge is 0.341 e. The highest BCUT2D eigenvalue weighted by Gasteiger charge is 2.55. The van der Waals surface area contributed by atoms with Gasteiger partial charge >= 0.3 is 0 Å². The van der Waals surface area contributed by atoms with E-state index < -0.39 is 0 Å². The van der Waals surface area contributed by atoms with Crippen molar-refractivity contribution < 1.29 is 9.59 Å². The van der Waals surface area contributed by atoms with Gasteiger partial charge in [-0.2, -0.15) is 0 Å². The first kappa shape index (κ1) is 20.7. The van der Waals surface area contributed by atoms with E-state index in [1.54, 1.807) is 11.8 Å². The fourth-order valence-corrected chi connectivity index (χ4v) is 5.79. The standard InChI is InChI=1S/C23H32ClN3O2/c1-16(2)27-15-23(21(27)18-6-8-19(24)9-7-18)10-13-25(14-11-23)22(29)20-5-4-12-26(20)17(3)28/h6-9,16,20-21H,4-5,10-15H2,1-3H3. The first-order valence-electron chi connectivity index (χ1n) is 10.9. The van der Waals surface area contributed by atoms with E-state index in [1.165, 1.54) is 5.56 Å². The molecule has 0 N–H and O–H groups in total. The summed E-state index contributed by atoms with van der Waals surface area (Å²) >= 11 is 6.12. The summed E-state index contributed by atoms with van der Waals surface area (Å²) in [6.45, 7) is 9.46. The number of halogens is 1. The van der Waals surface area contributed by atoms with E-state index in [0.29, 0.717) is 18.6 Å². The molecule has 5 nitrogen and oxygen atoms in total. The molecule has 0 aromatic heterocycles. The number of hydrogen-bond acceptors (Lipinski definition) is 3. The molecule has 2 unspecified atom stereocenters. The molecule has 1 spiro atoms. The third-order valence-electron chi connectivity index (χ3n) is 7.27. The van der Waals surface area contributed by atoms with Crippen LogP contribution < -0.4 is 0 Å². The first-order chi connectivity index (χ1) is 13.8. The molecule has 0 bridgehead atoms. The summed E-state index contributed by atoms with van der Waals surface area (Å²) in [5.41, 5.74) is 1.55. The number of nitrogens with zero attached hydrogens (tertiary/aromatic N) is 3. The normalized spacial score (nSPS) is 26.8. The predicted molar refractivity (Wildman–Crippen MR) is 115 cm³/mol. The quantitative estimate of drug-likeness (QED) is 0.752. The Morgan fingerprint density at radius 3 is 2.34 bits per heavy atom. The molecule has 3 fully saturated rings. The van der Waals surface area contributed by atoms with Gasteiger partial charge in [-0.05, 0) is 57.2 Å². The van der Waals surface area contributed by atoms with Gasteiger partial charge in [0.25, 0.3) is 0 Å². The Labute approximate surface area is 179 Å². The first-order valence-corrected chi connectivity index (χ1v) is 11.3. The van der Waals surface area contributed by atoms with Gasteiger partial charge in [-0.3, -0.25) is 14.5 Å². The van der Waals surface area contributed by atoms with Crippen molar-refractivity contribution >= 4 is 23.4 Å². The molecule has 3 saturated heterocycles. The van der Waals surface area contributed by atoms with E-state index in [2.05, 4.69) is 30.9 Å². The van der Waals surface area contributed by atoms with Crippen LogP contribution in [0, 0.1) is 5.41 Å². The van der Waals surface area contributed by atoms with Crippen LogP contribution in [0.25, 0.3) is 0 Å². The van der Waals surface area contributed by atoms with Gasteiger partial charge in [0.2, 0.25) is 11.8 Å². The molecule has 6 heteroatoms. The summed E-state index contributed by atoms with van der Waals surface area (Å²) in [5.74, 6) is 0.166. The zero-order valence-corrected chi connectivity index (χ0v) is 18.5. The van der Waals surface area contributed by atoms with E-state index >= 15 is 0 Å². The van der Waals surface area contributed by atoms with Gasteiger partial charge in [0.15, 0.2) is 0 Å². The maximum Gasteiger partial charge on any atom is 0.245 e. The Morgan fingerprint density at radius 2 is 1.76 bits per heavy atom. The number of carbonyl (C=O) groups is 2. The third kappa shape index (κ3) is 3.68. The molecule has 0 saturated carbocycles. The smallest absolute Gasteiger partial charge is 0.245 e. The van der Waals surface area contributed by atoms with Crippen LogP contribution in [0.1, 0.15) is 58.1 Å². The van der Waals surface area contributed by atoms with E-state index in [1.807, 2.05) is 17.0 Å². The maximum absolute atomic E-state index is 13.1. The Morgan fingerprint density at radius 1 is 1.10 bits per heavy atom. The van der Waals surface area contributed by atoms with Crippen molar-refractivity contribution in [1.29, 1.82) is 0 Å². The molecule has 0 aliphatic carbocycles. The van der Waals surface area contributed by atoms with Crippen LogP contribution in [0.2, 0.25) is 5.02 Å². The Balaban J connectivity index is 1.46. The summed E-state index contributed by atoms with van der Waals surface area (Å²) in [6, 6.07) is 8.91. The van der Waals surface area contributed by atoms with Gasteiger partial charge < -0.3 is 9.80 Å². The van der Waals surface area contributed by atoms with E-state index in [4.69, 9.17) is 11.6 Å². The lowest BCUT2D eigenvalue weighted by atomic mass is 9.62. The summed E-state index contributed by atoms with van der Waals surface area (Å²) in [7, 11) is 0.